The third-order valence-electron chi connectivity index (χ3n) is 11.8. The summed E-state index contributed by atoms with van der Waals surface area (Å²) in [6, 6.07) is -0.866. The van der Waals surface area contributed by atoms with Gasteiger partial charge >= 0.3 is 7.82 Å². The molecule has 3 atom stereocenters. The molecule has 0 aliphatic heterocycles. The first-order valence-corrected chi connectivity index (χ1v) is 27.9. The van der Waals surface area contributed by atoms with E-state index in [0.29, 0.717) is 17.4 Å². The van der Waals surface area contributed by atoms with Gasteiger partial charge in [0.25, 0.3) is 0 Å². The molecular formula is C53H104N2O6P+. The van der Waals surface area contributed by atoms with Gasteiger partial charge in [-0.25, -0.2) is 4.57 Å². The molecule has 3 unspecified atom stereocenters. The van der Waals surface area contributed by atoms with Crippen molar-refractivity contribution < 1.29 is 32.9 Å². The van der Waals surface area contributed by atoms with Crippen molar-refractivity contribution in [2.75, 3.05) is 40.9 Å². The molecule has 0 bridgehead atoms. The van der Waals surface area contributed by atoms with Crippen molar-refractivity contribution in [1.29, 1.82) is 0 Å². The molecule has 0 aromatic carbocycles. The van der Waals surface area contributed by atoms with Crippen molar-refractivity contribution >= 4 is 13.7 Å². The van der Waals surface area contributed by atoms with E-state index in [1.807, 2.05) is 27.2 Å². The lowest BCUT2D eigenvalue weighted by atomic mass is 10.0. The van der Waals surface area contributed by atoms with Crippen LogP contribution in [0.1, 0.15) is 245 Å². The number of hydrogen-bond donors (Lipinski definition) is 3. The quantitative estimate of drug-likeness (QED) is 0.0243. The molecule has 8 nitrogen and oxygen atoms in total. The van der Waals surface area contributed by atoms with E-state index in [1.54, 1.807) is 6.08 Å². The van der Waals surface area contributed by atoms with Crippen molar-refractivity contribution in [2.24, 2.45) is 0 Å². The number of unbranched alkanes of at least 4 members (excludes halogenated alkanes) is 31. The first-order valence-electron chi connectivity index (χ1n) is 26.4. The maximum Gasteiger partial charge on any atom is 0.472 e. The number of aliphatic hydroxyl groups is 1. The Morgan fingerprint density at radius 2 is 0.887 bits per heavy atom. The van der Waals surface area contributed by atoms with E-state index in [0.717, 1.165) is 51.4 Å². The first-order chi connectivity index (χ1) is 30.0. The summed E-state index contributed by atoms with van der Waals surface area (Å²) >= 11 is 0. The van der Waals surface area contributed by atoms with Crippen LogP contribution in [0.4, 0.5) is 0 Å². The van der Waals surface area contributed by atoms with E-state index in [9.17, 15) is 19.4 Å². The minimum atomic E-state index is -4.35. The summed E-state index contributed by atoms with van der Waals surface area (Å²) in [5.74, 6) is -0.188. The molecule has 0 fully saturated rings. The molecule has 1 amide bonds. The summed E-state index contributed by atoms with van der Waals surface area (Å²) in [5, 5.41) is 13.8. The summed E-state index contributed by atoms with van der Waals surface area (Å²) in [6.45, 7) is 4.77. The van der Waals surface area contributed by atoms with Gasteiger partial charge in [-0.15, -0.1) is 0 Å². The lowest BCUT2D eigenvalue weighted by Crippen LogP contribution is -2.45. The van der Waals surface area contributed by atoms with Crippen LogP contribution in [0.3, 0.4) is 0 Å². The summed E-state index contributed by atoms with van der Waals surface area (Å²) in [5.41, 5.74) is 0. The normalized spacial score (nSPS) is 14.4. The summed E-state index contributed by atoms with van der Waals surface area (Å²) in [4.78, 5) is 23.2. The van der Waals surface area contributed by atoms with Crippen molar-refractivity contribution in [1.82, 2.24) is 5.32 Å². The van der Waals surface area contributed by atoms with Gasteiger partial charge in [-0.1, -0.05) is 230 Å². The van der Waals surface area contributed by atoms with Crippen molar-refractivity contribution in [2.45, 2.75) is 257 Å². The van der Waals surface area contributed by atoms with Gasteiger partial charge in [0.05, 0.1) is 39.9 Å². The number of carbonyl (C=O) groups excluding carboxylic acids is 1. The number of quaternary nitrogens is 1. The Labute approximate surface area is 385 Å². The number of carbonyl (C=O) groups is 1. The molecule has 0 aromatic heterocycles. The lowest BCUT2D eigenvalue weighted by Gasteiger charge is -2.25. The maximum absolute atomic E-state index is 12.9. The molecule has 0 saturated heterocycles. The highest BCUT2D eigenvalue weighted by Crippen LogP contribution is 2.43. The standard InChI is InChI=1S/C53H103N2O6P/c1-6-8-10-12-14-16-18-20-21-22-23-24-25-26-27-28-29-30-31-32-33-35-37-39-41-43-45-47-53(57)54-51(50-61-62(58,59)60-49-48-55(3,4)5)52(56)46-44-42-40-38-36-34-19-17-15-13-11-9-7-2/h15,17,36,38,44,46,51-52,56H,6-14,16,18-35,37,39-43,45,47-50H2,1-5H3,(H-,54,57,58,59)/p+1/b17-15+,38-36+,46-44+. The van der Waals surface area contributed by atoms with Crippen LogP contribution >= 0.6 is 7.82 Å². The molecule has 0 aliphatic rings. The second-order valence-electron chi connectivity index (χ2n) is 19.2. The Morgan fingerprint density at radius 1 is 0.532 bits per heavy atom. The van der Waals surface area contributed by atoms with E-state index in [-0.39, 0.29) is 19.1 Å². The molecule has 0 aliphatic carbocycles. The van der Waals surface area contributed by atoms with Gasteiger partial charge in [-0.3, -0.25) is 13.8 Å². The fourth-order valence-corrected chi connectivity index (χ4v) is 8.40. The van der Waals surface area contributed by atoms with Crippen LogP contribution in [-0.4, -0.2) is 73.4 Å². The van der Waals surface area contributed by atoms with Gasteiger partial charge in [0.1, 0.15) is 13.2 Å². The van der Waals surface area contributed by atoms with E-state index in [2.05, 4.69) is 43.5 Å². The Kier molecular flexibility index (Phi) is 44.0. The average Bonchev–Trinajstić information content (AvgIpc) is 3.23. The predicted octanol–water partition coefficient (Wildman–Crippen LogP) is 15.4. The Bertz CT molecular complexity index is 1110. The number of likely N-dealkylation sites (N-methyl/N-ethyl adjacent to an activating group) is 1. The highest BCUT2D eigenvalue weighted by Gasteiger charge is 2.27. The van der Waals surface area contributed by atoms with Gasteiger partial charge in [0, 0.05) is 6.42 Å². The highest BCUT2D eigenvalue weighted by molar-refractivity contribution is 7.47. The zero-order valence-corrected chi connectivity index (χ0v) is 42.5. The average molecular weight is 896 g/mol. The number of allylic oxidation sites excluding steroid dienone is 5. The fraction of sp³-hybridized carbons (Fsp3) is 0.868. The van der Waals surface area contributed by atoms with E-state index < -0.39 is 20.0 Å². The maximum atomic E-state index is 12.9. The topological polar surface area (TPSA) is 105 Å². The molecule has 366 valence electrons. The number of amides is 1. The van der Waals surface area contributed by atoms with E-state index in [1.165, 1.54) is 173 Å². The lowest BCUT2D eigenvalue weighted by molar-refractivity contribution is -0.870. The van der Waals surface area contributed by atoms with Crippen LogP contribution in [0.5, 0.6) is 0 Å². The molecular weight excluding hydrogens is 792 g/mol. The number of hydrogen-bond acceptors (Lipinski definition) is 5. The van der Waals surface area contributed by atoms with Crippen LogP contribution in [0.2, 0.25) is 0 Å². The van der Waals surface area contributed by atoms with Crippen LogP contribution < -0.4 is 5.32 Å². The molecule has 9 heteroatoms. The van der Waals surface area contributed by atoms with Crippen molar-refractivity contribution in [3.63, 3.8) is 0 Å². The Morgan fingerprint density at radius 3 is 1.29 bits per heavy atom. The summed E-state index contributed by atoms with van der Waals surface area (Å²) in [7, 11) is 1.55. The SMILES string of the molecule is CCCCC/C=C/CC/C=C/CC/C=C/C(O)C(COP(=O)(O)OCC[N+](C)(C)C)NC(=O)CCCCCCCCCCCCCCCCCCCCCCCCCCCCC. The zero-order chi connectivity index (χ0) is 45.7. The second kappa shape index (κ2) is 44.9. The second-order valence-corrected chi connectivity index (χ2v) is 20.7. The van der Waals surface area contributed by atoms with Crippen molar-refractivity contribution in [3.05, 3.63) is 36.5 Å². The molecule has 0 heterocycles. The third kappa shape index (κ3) is 46.7. The summed E-state index contributed by atoms with van der Waals surface area (Å²) in [6.07, 6.45) is 56.8. The first kappa shape index (κ1) is 60.7. The van der Waals surface area contributed by atoms with E-state index in [4.69, 9.17) is 9.05 Å². The van der Waals surface area contributed by atoms with E-state index >= 15 is 0 Å². The largest absolute Gasteiger partial charge is 0.472 e. The molecule has 62 heavy (non-hydrogen) atoms. The van der Waals surface area contributed by atoms with Crippen LogP contribution in [0, 0.1) is 0 Å². The van der Waals surface area contributed by atoms with Crippen molar-refractivity contribution in [3.8, 4) is 0 Å². The monoisotopic (exact) mass is 896 g/mol. The Balaban J connectivity index is 4.14. The van der Waals surface area contributed by atoms with Crippen LogP contribution in [0.15, 0.2) is 36.5 Å². The molecule has 0 radical (unpaired) electrons. The van der Waals surface area contributed by atoms with Crippen LogP contribution in [0.25, 0.3) is 0 Å². The number of phosphoric acid groups is 1. The highest BCUT2D eigenvalue weighted by atomic mass is 31.2. The number of nitrogens with zero attached hydrogens (tertiary/aromatic N) is 1. The molecule has 0 saturated carbocycles. The number of phosphoric ester groups is 1. The summed E-state index contributed by atoms with van der Waals surface area (Å²) < 4.78 is 23.6. The molecule has 3 N–H and O–H groups in total. The number of nitrogens with one attached hydrogen (secondary N) is 1. The van der Waals surface area contributed by atoms with Gasteiger partial charge in [-0.05, 0) is 44.9 Å². The molecule has 0 rings (SSSR count). The molecule has 0 spiro atoms. The van der Waals surface area contributed by atoms with Gasteiger partial charge in [0.2, 0.25) is 5.91 Å². The van der Waals surface area contributed by atoms with Crippen LogP contribution in [-0.2, 0) is 18.4 Å². The third-order valence-corrected chi connectivity index (χ3v) is 12.8. The number of rotatable bonds is 48. The molecule has 0 aromatic rings. The zero-order valence-electron chi connectivity index (χ0n) is 41.6. The number of aliphatic hydroxyl groups excluding tert-OH is 1. The van der Waals surface area contributed by atoms with Gasteiger partial charge in [-0.2, -0.15) is 0 Å². The minimum absolute atomic E-state index is 0.0547. The minimum Gasteiger partial charge on any atom is -0.387 e. The van der Waals surface area contributed by atoms with Gasteiger partial charge in [0.15, 0.2) is 0 Å². The van der Waals surface area contributed by atoms with Gasteiger partial charge < -0.3 is 19.8 Å². The predicted molar refractivity (Wildman–Crippen MR) is 268 cm³/mol. The Hall–Kier alpha value is -1.28. The fourth-order valence-electron chi connectivity index (χ4n) is 7.66. The smallest absolute Gasteiger partial charge is 0.387 e.